The van der Waals surface area contributed by atoms with Gasteiger partial charge in [0.2, 0.25) is 0 Å². The lowest BCUT2D eigenvalue weighted by Crippen LogP contribution is -2.00. The van der Waals surface area contributed by atoms with E-state index in [1.165, 1.54) is 23.1 Å². The van der Waals surface area contributed by atoms with Gasteiger partial charge in [0, 0.05) is 17.4 Å². The highest BCUT2D eigenvalue weighted by molar-refractivity contribution is 7.09. The van der Waals surface area contributed by atoms with Gasteiger partial charge in [-0.25, -0.2) is 9.18 Å². The van der Waals surface area contributed by atoms with Gasteiger partial charge < -0.3 is 9.84 Å². The van der Waals surface area contributed by atoms with Crippen LogP contribution in [0.1, 0.15) is 16.0 Å². The van der Waals surface area contributed by atoms with E-state index in [0.717, 1.165) is 18.1 Å². The van der Waals surface area contributed by atoms with Gasteiger partial charge in [-0.3, -0.25) is 0 Å². The summed E-state index contributed by atoms with van der Waals surface area (Å²) >= 11 is 1.68. The topological polar surface area (TPSA) is 46.5 Å². The van der Waals surface area contributed by atoms with Crippen molar-refractivity contribution < 1.29 is 19.0 Å². The first-order valence-corrected chi connectivity index (χ1v) is 7.32. The normalized spacial score (nSPS) is 11.1. The summed E-state index contributed by atoms with van der Waals surface area (Å²) in [4.78, 5) is 11.8. The lowest BCUT2D eigenvalue weighted by atomic mass is 10.1. The van der Waals surface area contributed by atoms with Crippen LogP contribution in [0.4, 0.5) is 4.39 Å². The Bertz CT molecular complexity index is 620. The van der Waals surface area contributed by atoms with Gasteiger partial charge in [0.05, 0.1) is 13.2 Å². The van der Waals surface area contributed by atoms with E-state index in [4.69, 9.17) is 9.84 Å². The summed E-state index contributed by atoms with van der Waals surface area (Å²) in [6.07, 6.45) is 3.20. The number of aliphatic carboxylic acids is 1. The number of rotatable bonds is 7. The highest BCUT2D eigenvalue weighted by Gasteiger charge is 2.03. The molecular formula is C16H15FO3S. The van der Waals surface area contributed by atoms with Gasteiger partial charge in [-0.05, 0) is 40.8 Å². The minimum atomic E-state index is -1.07. The largest absolute Gasteiger partial charge is 0.478 e. The maximum absolute atomic E-state index is 13.2. The fourth-order valence-electron chi connectivity index (χ4n) is 1.82. The Balaban J connectivity index is 1.93. The molecule has 0 spiro atoms. The third kappa shape index (κ3) is 5.13. The number of carboxylic acid groups (broad SMARTS) is 1. The van der Waals surface area contributed by atoms with Gasteiger partial charge in [0.1, 0.15) is 5.82 Å². The molecule has 0 atom stereocenters. The van der Waals surface area contributed by atoms with E-state index >= 15 is 0 Å². The molecule has 0 aliphatic heterocycles. The summed E-state index contributed by atoms with van der Waals surface area (Å²) in [7, 11) is 0. The van der Waals surface area contributed by atoms with Crippen molar-refractivity contribution in [3.63, 3.8) is 0 Å². The zero-order valence-electron chi connectivity index (χ0n) is 11.3. The minimum Gasteiger partial charge on any atom is -0.478 e. The van der Waals surface area contributed by atoms with Gasteiger partial charge in [0.25, 0.3) is 0 Å². The highest BCUT2D eigenvalue weighted by Crippen LogP contribution is 2.15. The molecule has 1 aromatic carbocycles. The molecule has 0 fully saturated rings. The maximum Gasteiger partial charge on any atom is 0.328 e. The Hall–Kier alpha value is -1.98. The summed E-state index contributed by atoms with van der Waals surface area (Å²) in [5.74, 6) is -1.47. The van der Waals surface area contributed by atoms with Crippen molar-refractivity contribution in [2.45, 2.75) is 13.0 Å². The highest BCUT2D eigenvalue weighted by atomic mass is 32.1. The first kappa shape index (κ1) is 15.4. The molecule has 3 nitrogen and oxygen atoms in total. The molecule has 0 aliphatic rings. The number of hydrogen-bond donors (Lipinski definition) is 1. The van der Waals surface area contributed by atoms with E-state index in [1.54, 1.807) is 17.4 Å². The molecule has 110 valence electrons. The number of carbonyl (C=O) groups is 1. The molecule has 1 N–H and O–H groups in total. The summed E-state index contributed by atoms with van der Waals surface area (Å²) in [6, 6.07) is 8.30. The van der Waals surface area contributed by atoms with Crippen molar-refractivity contribution in [3.05, 3.63) is 63.6 Å². The number of carboxylic acids is 1. The average molecular weight is 306 g/mol. The van der Waals surface area contributed by atoms with Crippen LogP contribution in [0.15, 0.2) is 41.8 Å². The van der Waals surface area contributed by atoms with Crippen LogP contribution in [0, 0.1) is 5.82 Å². The van der Waals surface area contributed by atoms with Crippen molar-refractivity contribution in [2.75, 3.05) is 6.61 Å². The van der Waals surface area contributed by atoms with E-state index < -0.39 is 11.8 Å². The van der Waals surface area contributed by atoms with Crippen molar-refractivity contribution in [1.82, 2.24) is 0 Å². The van der Waals surface area contributed by atoms with Crippen LogP contribution >= 0.6 is 11.3 Å². The Kier molecular flexibility index (Phi) is 5.66. The van der Waals surface area contributed by atoms with Crippen LogP contribution in [0.2, 0.25) is 0 Å². The van der Waals surface area contributed by atoms with Crippen LogP contribution in [0.3, 0.4) is 0 Å². The van der Waals surface area contributed by atoms with Gasteiger partial charge in [-0.15, -0.1) is 11.3 Å². The van der Waals surface area contributed by atoms with Crippen molar-refractivity contribution in [2.24, 2.45) is 0 Å². The van der Waals surface area contributed by atoms with Gasteiger partial charge in [0.15, 0.2) is 0 Å². The maximum atomic E-state index is 13.2. The van der Waals surface area contributed by atoms with Crippen LogP contribution in [0.5, 0.6) is 0 Å². The Morgan fingerprint density at radius 1 is 1.38 bits per heavy atom. The lowest BCUT2D eigenvalue weighted by molar-refractivity contribution is -0.131. The summed E-state index contributed by atoms with van der Waals surface area (Å²) in [6.45, 7) is 0.894. The SMILES string of the molecule is O=C(O)C=Cc1cc(F)ccc1COCCc1cccs1. The number of benzene rings is 1. The molecule has 0 saturated carbocycles. The molecule has 5 heteroatoms. The monoisotopic (exact) mass is 306 g/mol. The Morgan fingerprint density at radius 3 is 2.95 bits per heavy atom. The third-order valence-corrected chi connectivity index (χ3v) is 3.78. The van der Waals surface area contributed by atoms with Crippen LogP contribution in [-0.2, 0) is 22.6 Å². The number of halogens is 1. The molecule has 1 aromatic heterocycles. The average Bonchev–Trinajstić information content (AvgIpc) is 2.96. The summed E-state index contributed by atoms with van der Waals surface area (Å²) < 4.78 is 18.8. The quantitative estimate of drug-likeness (QED) is 0.626. The standard InChI is InChI=1S/C16H15FO3S/c17-14-5-3-13(12(10-14)4-6-16(18)19)11-20-8-7-15-2-1-9-21-15/h1-6,9-10H,7-8,11H2,(H,18,19). The van der Waals surface area contributed by atoms with Crippen molar-refractivity contribution in [3.8, 4) is 0 Å². The number of ether oxygens (including phenoxy) is 1. The van der Waals surface area contributed by atoms with E-state index in [2.05, 4.69) is 0 Å². The second kappa shape index (κ2) is 7.71. The Labute approximate surface area is 126 Å². The molecule has 21 heavy (non-hydrogen) atoms. The van der Waals surface area contributed by atoms with Crippen LogP contribution in [0.25, 0.3) is 6.08 Å². The fourth-order valence-corrected chi connectivity index (χ4v) is 2.51. The molecule has 1 heterocycles. The van der Waals surface area contributed by atoms with Crippen molar-refractivity contribution in [1.29, 1.82) is 0 Å². The summed E-state index contributed by atoms with van der Waals surface area (Å²) in [5.41, 5.74) is 1.29. The zero-order valence-corrected chi connectivity index (χ0v) is 12.1. The zero-order chi connectivity index (χ0) is 15.1. The molecule has 0 amide bonds. The third-order valence-electron chi connectivity index (χ3n) is 2.84. The fraction of sp³-hybridized carbons (Fsp3) is 0.188. The van der Waals surface area contributed by atoms with Crippen molar-refractivity contribution >= 4 is 23.4 Å². The predicted molar refractivity (Wildman–Crippen MR) is 80.7 cm³/mol. The Morgan fingerprint density at radius 2 is 2.24 bits per heavy atom. The van der Waals surface area contributed by atoms with E-state index in [0.29, 0.717) is 18.8 Å². The van der Waals surface area contributed by atoms with E-state index in [1.807, 2.05) is 17.5 Å². The molecule has 2 rings (SSSR count). The van der Waals surface area contributed by atoms with Gasteiger partial charge in [-0.1, -0.05) is 12.1 Å². The van der Waals surface area contributed by atoms with Gasteiger partial charge >= 0.3 is 5.97 Å². The number of hydrogen-bond acceptors (Lipinski definition) is 3. The molecular weight excluding hydrogens is 291 g/mol. The summed E-state index contributed by atoms with van der Waals surface area (Å²) in [5, 5.41) is 10.7. The van der Waals surface area contributed by atoms with Gasteiger partial charge in [-0.2, -0.15) is 0 Å². The second-order valence-corrected chi connectivity index (χ2v) is 5.43. The molecule has 0 radical (unpaired) electrons. The first-order chi connectivity index (χ1) is 10.1. The predicted octanol–water partition coefficient (Wildman–Crippen LogP) is 3.74. The second-order valence-electron chi connectivity index (χ2n) is 4.40. The van der Waals surface area contributed by atoms with E-state index in [-0.39, 0.29) is 0 Å². The molecule has 2 aromatic rings. The smallest absolute Gasteiger partial charge is 0.328 e. The number of thiophene rings is 1. The molecule has 0 aliphatic carbocycles. The van der Waals surface area contributed by atoms with E-state index in [9.17, 15) is 9.18 Å². The minimum absolute atomic E-state index is 0.324. The van der Waals surface area contributed by atoms with Crippen LogP contribution < -0.4 is 0 Å². The molecule has 0 unspecified atom stereocenters. The first-order valence-electron chi connectivity index (χ1n) is 6.45. The van der Waals surface area contributed by atoms with Crippen LogP contribution in [-0.4, -0.2) is 17.7 Å². The molecule has 0 saturated heterocycles. The lowest BCUT2D eigenvalue weighted by Gasteiger charge is -2.07. The molecule has 0 bridgehead atoms.